The zero-order chi connectivity index (χ0) is 7.84. The van der Waals surface area contributed by atoms with Crippen LogP contribution < -0.4 is 5.73 Å². The first-order valence-electron chi connectivity index (χ1n) is 3.49. The first-order valence-corrected chi connectivity index (χ1v) is 3.49. The molecule has 12 heavy (non-hydrogen) atoms. The summed E-state index contributed by atoms with van der Waals surface area (Å²) in [6.45, 7) is 0. The number of hydrogen-bond acceptors (Lipinski definition) is 3. The normalized spacial score (nSPS) is 15.3. The van der Waals surface area contributed by atoms with Crippen molar-refractivity contribution >= 4 is 18.3 Å². The number of nitrogens with two attached hydrogens (primary N) is 1. The van der Waals surface area contributed by atoms with Crippen molar-refractivity contribution in [2.75, 3.05) is 0 Å². The third-order valence-electron chi connectivity index (χ3n) is 1.68. The molecule has 66 valence electrons. The second-order valence-electron chi connectivity index (χ2n) is 2.68. The number of amides is 1. The minimum absolute atomic E-state index is 0. The topological polar surface area (TPSA) is 73.8 Å². The van der Waals surface area contributed by atoms with E-state index >= 15 is 0 Å². The van der Waals surface area contributed by atoms with E-state index in [1.54, 1.807) is 10.9 Å². The van der Waals surface area contributed by atoms with Gasteiger partial charge in [0.05, 0.1) is 12.2 Å². The van der Waals surface area contributed by atoms with Crippen LogP contribution in [0.3, 0.4) is 0 Å². The number of hydrogen-bond donors (Lipinski definition) is 1. The molecule has 0 radical (unpaired) electrons. The largest absolute Gasteiger partial charge is 0.364 e. The summed E-state index contributed by atoms with van der Waals surface area (Å²) in [4.78, 5) is 10.6. The van der Waals surface area contributed by atoms with Crippen LogP contribution in [0.15, 0.2) is 6.20 Å². The first kappa shape index (κ1) is 8.99. The fourth-order valence-electron chi connectivity index (χ4n) is 0.907. The molecule has 0 bridgehead atoms. The van der Waals surface area contributed by atoms with Crippen molar-refractivity contribution < 1.29 is 4.79 Å². The molecular weight excluding hydrogens is 180 g/mol. The number of rotatable bonds is 2. The molecule has 1 aliphatic rings. The molecule has 0 atom stereocenters. The molecule has 6 heteroatoms. The summed E-state index contributed by atoms with van der Waals surface area (Å²) in [5.41, 5.74) is 5.24. The van der Waals surface area contributed by atoms with Crippen LogP contribution in [-0.4, -0.2) is 20.9 Å². The SMILES string of the molecule is Cl.NC(=O)c1cn(C2CC2)nn1. The van der Waals surface area contributed by atoms with Crippen LogP contribution in [0.25, 0.3) is 0 Å². The monoisotopic (exact) mass is 188 g/mol. The lowest BCUT2D eigenvalue weighted by molar-refractivity contribution is 0.0995. The van der Waals surface area contributed by atoms with Crippen LogP contribution in [-0.2, 0) is 0 Å². The van der Waals surface area contributed by atoms with E-state index in [1.165, 1.54) is 0 Å². The quantitative estimate of drug-likeness (QED) is 0.717. The summed E-state index contributed by atoms with van der Waals surface area (Å²) in [6, 6.07) is 0.454. The van der Waals surface area contributed by atoms with Crippen molar-refractivity contribution in [3.63, 3.8) is 0 Å². The van der Waals surface area contributed by atoms with Crippen molar-refractivity contribution in [1.29, 1.82) is 0 Å². The van der Waals surface area contributed by atoms with Gasteiger partial charge in [0.15, 0.2) is 5.69 Å². The summed E-state index contributed by atoms with van der Waals surface area (Å²) in [5, 5.41) is 7.38. The Balaban J connectivity index is 0.000000720. The molecular formula is C6H9ClN4O. The minimum Gasteiger partial charge on any atom is -0.364 e. The van der Waals surface area contributed by atoms with Crippen molar-refractivity contribution in [3.8, 4) is 0 Å². The summed E-state index contributed by atoms with van der Waals surface area (Å²) in [7, 11) is 0. The van der Waals surface area contributed by atoms with Gasteiger partial charge in [-0.3, -0.25) is 4.79 Å². The number of nitrogens with zero attached hydrogens (tertiary/aromatic N) is 3. The summed E-state index contributed by atoms with van der Waals surface area (Å²) in [5.74, 6) is -0.517. The molecule has 0 saturated heterocycles. The van der Waals surface area contributed by atoms with Crippen LogP contribution in [0.1, 0.15) is 29.4 Å². The van der Waals surface area contributed by atoms with E-state index < -0.39 is 5.91 Å². The van der Waals surface area contributed by atoms with E-state index in [2.05, 4.69) is 10.3 Å². The van der Waals surface area contributed by atoms with Crippen LogP contribution in [0.5, 0.6) is 0 Å². The number of halogens is 1. The Bertz CT molecular complexity index is 293. The summed E-state index contributed by atoms with van der Waals surface area (Å²) >= 11 is 0. The molecule has 1 saturated carbocycles. The number of aromatic nitrogens is 3. The highest BCUT2D eigenvalue weighted by molar-refractivity contribution is 5.90. The van der Waals surface area contributed by atoms with Gasteiger partial charge < -0.3 is 5.73 Å². The van der Waals surface area contributed by atoms with Gasteiger partial charge in [0.25, 0.3) is 5.91 Å². The summed E-state index contributed by atoms with van der Waals surface area (Å²) < 4.78 is 1.69. The van der Waals surface area contributed by atoms with Crippen molar-refractivity contribution in [2.24, 2.45) is 5.73 Å². The summed E-state index contributed by atoms with van der Waals surface area (Å²) in [6.07, 6.45) is 3.85. The minimum atomic E-state index is -0.517. The van der Waals surface area contributed by atoms with Gasteiger partial charge >= 0.3 is 0 Å². The van der Waals surface area contributed by atoms with Crippen LogP contribution in [0, 0.1) is 0 Å². The van der Waals surface area contributed by atoms with Crippen LogP contribution >= 0.6 is 12.4 Å². The lowest BCUT2D eigenvalue weighted by Gasteiger charge is -1.89. The van der Waals surface area contributed by atoms with Gasteiger partial charge in [0, 0.05) is 0 Å². The fourth-order valence-corrected chi connectivity index (χ4v) is 0.907. The molecule has 1 aromatic rings. The second kappa shape index (κ2) is 3.10. The molecule has 2 N–H and O–H groups in total. The van der Waals surface area contributed by atoms with Gasteiger partial charge in [-0.1, -0.05) is 5.21 Å². The molecule has 1 fully saturated rings. The van der Waals surface area contributed by atoms with E-state index in [-0.39, 0.29) is 18.1 Å². The van der Waals surface area contributed by atoms with Crippen molar-refractivity contribution in [2.45, 2.75) is 18.9 Å². The highest BCUT2D eigenvalue weighted by Gasteiger charge is 2.25. The van der Waals surface area contributed by atoms with Crippen LogP contribution in [0.2, 0.25) is 0 Å². The van der Waals surface area contributed by atoms with Crippen molar-refractivity contribution in [1.82, 2.24) is 15.0 Å². The predicted octanol–water partition coefficient (Wildman–Crippen LogP) is 0.134. The smallest absolute Gasteiger partial charge is 0.270 e. The van der Waals surface area contributed by atoms with E-state index in [0.717, 1.165) is 12.8 Å². The van der Waals surface area contributed by atoms with Gasteiger partial charge in [-0.25, -0.2) is 4.68 Å². The standard InChI is InChI=1S/C6H8N4O.ClH/c7-6(11)5-3-10(9-8-5)4-1-2-4;/h3-4H,1-2H2,(H2,7,11);1H. The lowest BCUT2D eigenvalue weighted by atomic mass is 10.5. The second-order valence-corrected chi connectivity index (χ2v) is 2.68. The lowest BCUT2D eigenvalue weighted by Crippen LogP contribution is -2.11. The van der Waals surface area contributed by atoms with Gasteiger partial charge in [-0.2, -0.15) is 0 Å². The Hall–Kier alpha value is -1.10. The Kier molecular flexibility index (Phi) is 2.32. The van der Waals surface area contributed by atoms with Gasteiger partial charge in [0.1, 0.15) is 0 Å². The van der Waals surface area contributed by atoms with Gasteiger partial charge in [0.2, 0.25) is 0 Å². The average molecular weight is 189 g/mol. The van der Waals surface area contributed by atoms with E-state index in [4.69, 9.17) is 5.73 Å². The van der Waals surface area contributed by atoms with E-state index in [0.29, 0.717) is 6.04 Å². The van der Waals surface area contributed by atoms with Gasteiger partial charge in [-0.15, -0.1) is 17.5 Å². The number of carbonyl (C=O) groups excluding carboxylic acids is 1. The van der Waals surface area contributed by atoms with Crippen molar-refractivity contribution in [3.05, 3.63) is 11.9 Å². The van der Waals surface area contributed by atoms with Crippen LogP contribution in [0.4, 0.5) is 0 Å². The maximum Gasteiger partial charge on any atom is 0.270 e. The zero-order valence-corrected chi connectivity index (χ0v) is 7.12. The molecule has 1 aliphatic carbocycles. The third kappa shape index (κ3) is 1.55. The molecule has 1 aromatic heterocycles. The third-order valence-corrected chi connectivity index (χ3v) is 1.68. The molecule has 0 aromatic carbocycles. The predicted molar refractivity (Wildman–Crippen MR) is 44.1 cm³/mol. The molecule has 0 unspecified atom stereocenters. The Morgan fingerprint density at radius 2 is 2.33 bits per heavy atom. The Morgan fingerprint density at radius 3 is 2.75 bits per heavy atom. The van der Waals surface area contributed by atoms with E-state index in [1.807, 2.05) is 0 Å². The molecule has 1 amide bonds. The molecule has 2 rings (SSSR count). The van der Waals surface area contributed by atoms with Gasteiger partial charge in [-0.05, 0) is 12.8 Å². The first-order chi connectivity index (χ1) is 5.27. The highest BCUT2D eigenvalue weighted by Crippen LogP contribution is 2.33. The fraction of sp³-hybridized carbons (Fsp3) is 0.500. The molecule has 1 heterocycles. The molecule has 0 aliphatic heterocycles. The number of primary amides is 1. The van der Waals surface area contributed by atoms with E-state index in [9.17, 15) is 4.79 Å². The molecule has 0 spiro atoms. The Labute approximate surface area is 75.3 Å². The Morgan fingerprint density at radius 1 is 1.67 bits per heavy atom. The average Bonchev–Trinajstić information content (AvgIpc) is 2.68. The molecule has 5 nitrogen and oxygen atoms in total. The zero-order valence-electron chi connectivity index (χ0n) is 6.30. The number of carbonyl (C=O) groups is 1. The maximum absolute atomic E-state index is 10.6. The maximum atomic E-state index is 10.6. The highest BCUT2D eigenvalue weighted by atomic mass is 35.5.